The molecular weight excluding hydrogens is 240 g/mol. The zero-order valence-corrected chi connectivity index (χ0v) is 11.8. The lowest BCUT2D eigenvalue weighted by atomic mass is 10.2. The number of aliphatic hydroxyl groups is 1. The predicted octanol–water partition coefficient (Wildman–Crippen LogP) is 2.01. The Kier molecular flexibility index (Phi) is 4.58. The summed E-state index contributed by atoms with van der Waals surface area (Å²) >= 11 is 0. The van der Waals surface area contributed by atoms with Crippen molar-refractivity contribution in [2.45, 2.75) is 19.1 Å². The van der Waals surface area contributed by atoms with E-state index in [2.05, 4.69) is 5.32 Å². The van der Waals surface area contributed by atoms with Gasteiger partial charge in [-0.3, -0.25) is 0 Å². The number of nitrogens with one attached hydrogen (secondary N) is 1. The number of likely N-dealkylation sites (N-methyl/N-ethyl adjacent to an activating group) is 1. The summed E-state index contributed by atoms with van der Waals surface area (Å²) in [6.07, 6.45) is -0.373. The lowest BCUT2D eigenvalue weighted by molar-refractivity contribution is 0.131. The van der Waals surface area contributed by atoms with E-state index in [9.17, 15) is 5.11 Å². The van der Waals surface area contributed by atoms with E-state index in [-0.39, 0.29) is 12.1 Å². The van der Waals surface area contributed by atoms with Crippen molar-refractivity contribution in [2.75, 3.05) is 27.2 Å². The third-order valence-electron chi connectivity index (χ3n) is 3.11. The molecule has 0 aliphatic heterocycles. The zero-order chi connectivity index (χ0) is 13.8. The zero-order valence-electron chi connectivity index (χ0n) is 11.8. The molecule has 4 heteroatoms. The minimum absolute atomic E-state index is 0.0872. The van der Waals surface area contributed by atoms with Gasteiger partial charge in [0.2, 0.25) is 0 Å². The van der Waals surface area contributed by atoms with E-state index in [0.717, 1.165) is 16.7 Å². The SMILES string of the molecule is CC(NCC(O)CN(C)C)c1cc2ccccc2o1. The number of hydrogen-bond donors (Lipinski definition) is 2. The van der Waals surface area contributed by atoms with Crippen LogP contribution in [-0.2, 0) is 0 Å². The molecule has 2 unspecified atom stereocenters. The molecule has 19 heavy (non-hydrogen) atoms. The molecule has 4 nitrogen and oxygen atoms in total. The fourth-order valence-corrected chi connectivity index (χ4v) is 2.12. The Balaban J connectivity index is 1.94. The van der Waals surface area contributed by atoms with Gasteiger partial charge in [-0.15, -0.1) is 0 Å². The normalized spacial score (nSPS) is 15.0. The molecule has 0 aliphatic carbocycles. The Labute approximate surface area is 114 Å². The van der Waals surface area contributed by atoms with Gasteiger partial charge in [-0.2, -0.15) is 0 Å². The van der Waals surface area contributed by atoms with Crippen LogP contribution in [0.3, 0.4) is 0 Å². The molecular formula is C15H22N2O2. The minimum atomic E-state index is -0.373. The molecule has 2 rings (SSSR count). The lowest BCUT2D eigenvalue weighted by Crippen LogP contribution is -2.35. The molecule has 0 spiro atoms. The Morgan fingerprint density at radius 1 is 1.32 bits per heavy atom. The quantitative estimate of drug-likeness (QED) is 0.836. The monoisotopic (exact) mass is 262 g/mol. The third-order valence-corrected chi connectivity index (χ3v) is 3.11. The van der Waals surface area contributed by atoms with Crippen molar-refractivity contribution < 1.29 is 9.52 Å². The number of aliphatic hydroxyl groups excluding tert-OH is 1. The summed E-state index contributed by atoms with van der Waals surface area (Å²) in [7, 11) is 3.90. The van der Waals surface area contributed by atoms with Gasteiger partial charge in [-0.1, -0.05) is 18.2 Å². The molecule has 0 bridgehead atoms. The molecule has 2 N–H and O–H groups in total. The van der Waals surface area contributed by atoms with Crippen LogP contribution >= 0.6 is 0 Å². The number of nitrogens with zero attached hydrogens (tertiary/aromatic N) is 1. The summed E-state index contributed by atoms with van der Waals surface area (Å²) in [6, 6.07) is 10.1. The predicted molar refractivity (Wildman–Crippen MR) is 77.2 cm³/mol. The molecule has 1 heterocycles. The van der Waals surface area contributed by atoms with Gasteiger partial charge in [0.1, 0.15) is 11.3 Å². The van der Waals surface area contributed by atoms with Crippen molar-refractivity contribution in [3.05, 3.63) is 36.1 Å². The minimum Gasteiger partial charge on any atom is -0.459 e. The van der Waals surface area contributed by atoms with Crippen LogP contribution in [0.5, 0.6) is 0 Å². The fraction of sp³-hybridized carbons (Fsp3) is 0.467. The first kappa shape index (κ1) is 14.1. The summed E-state index contributed by atoms with van der Waals surface area (Å²) in [5.41, 5.74) is 0.903. The van der Waals surface area contributed by atoms with Crippen LogP contribution in [0.15, 0.2) is 34.7 Å². The first-order valence-electron chi connectivity index (χ1n) is 6.61. The van der Waals surface area contributed by atoms with Crippen molar-refractivity contribution in [1.29, 1.82) is 0 Å². The van der Waals surface area contributed by atoms with Crippen molar-refractivity contribution in [1.82, 2.24) is 10.2 Å². The standard InChI is InChI=1S/C15H22N2O2/c1-11(16-9-13(18)10-17(2)3)15-8-12-6-4-5-7-14(12)19-15/h4-8,11,13,16,18H,9-10H2,1-3H3. The molecule has 2 atom stereocenters. The van der Waals surface area contributed by atoms with Gasteiger partial charge in [0, 0.05) is 18.5 Å². The van der Waals surface area contributed by atoms with Crippen LogP contribution < -0.4 is 5.32 Å². The first-order valence-corrected chi connectivity index (χ1v) is 6.61. The average molecular weight is 262 g/mol. The second kappa shape index (κ2) is 6.19. The van der Waals surface area contributed by atoms with Gasteiger partial charge in [0.05, 0.1) is 12.1 Å². The van der Waals surface area contributed by atoms with E-state index in [1.165, 1.54) is 0 Å². The first-order chi connectivity index (χ1) is 9.06. The van der Waals surface area contributed by atoms with Crippen molar-refractivity contribution in [3.8, 4) is 0 Å². The molecule has 0 saturated heterocycles. The van der Waals surface area contributed by atoms with Crippen LogP contribution in [0, 0.1) is 0 Å². The van der Waals surface area contributed by atoms with E-state index in [1.54, 1.807) is 0 Å². The van der Waals surface area contributed by atoms with E-state index < -0.39 is 0 Å². The maximum atomic E-state index is 9.82. The van der Waals surface area contributed by atoms with Crippen molar-refractivity contribution >= 4 is 11.0 Å². The number of para-hydroxylation sites is 1. The van der Waals surface area contributed by atoms with Gasteiger partial charge in [0.15, 0.2) is 0 Å². The largest absolute Gasteiger partial charge is 0.459 e. The van der Waals surface area contributed by atoms with E-state index in [0.29, 0.717) is 13.1 Å². The summed E-state index contributed by atoms with van der Waals surface area (Å²) in [4.78, 5) is 1.97. The second-order valence-electron chi connectivity index (χ2n) is 5.23. The van der Waals surface area contributed by atoms with Crippen LogP contribution in [0.1, 0.15) is 18.7 Å². The summed E-state index contributed by atoms with van der Waals surface area (Å²) < 4.78 is 5.79. The number of furan rings is 1. The van der Waals surface area contributed by atoms with Crippen LogP contribution in [0.25, 0.3) is 11.0 Å². The summed E-state index contributed by atoms with van der Waals surface area (Å²) in [6.45, 7) is 3.25. The lowest BCUT2D eigenvalue weighted by Gasteiger charge is -2.18. The molecule has 104 valence electrons. The highest BCUT2D eigenvalue weighted by molar-refractivity contribution is 5.77. The maximum Gasteiger partial charge on any atom is 0.134 e. The highest BCUT2D eigenvalue weighted by atomic mass is 16.3. The maximum absolute atomic E-state index is 9.82. The van der Waals surface area contributed by atoms with E-state index in [4.69, 9.17) is 4.42 Å². The third kappa shape index (κ3) is 3.80. The van der Waals surface area contributed by atoms with E-state index in [1.807, 2.05) is 56.3 Å². The number of benzene rings is 1. The smallest absolute Gasteiger partial charge is 0.134 e. The fourth-order valence-electron chi connectivity index (χ4n) is 2.12. The molecule has 1 aromatic heterocycles. The molecule has 0 aliphatic rings. The number of fused-ring (bicyclic) bond motifs is 1. The molecule has 0 fully saturated rings. The Bertz CT molecular complexity index is 489. The van der Waals surface area contributed by atoms with E-state index >= 15 is 0 Å². The number of rotatable bonds is 6. The Morgan fingerprint density at radius 2 is 2.05 bits per heavy atom. The van der Waals surface area contributed by atoms with Crippen molar-refractivity contribution in [3.63, 3.8) is 0 Å². The highest BCUT2D eigenvalue weighted by Gasteiger charge is 2.13. The average Bonchev–Trinajstić information content (AvgIpc) is 2.78. The van der Waals surface area contributed by atoms with Gasteiger partial charge in [-0.25, -0.2) is 0 Å². The Morgan fingerprint density at radius 3 is 2.74 bits per heavy atom. The molecule has 0 amide bonds. The summed E-state index contributed by atoms with van der Waals surface area (Å²) in [5, 5.41) is 14.2. The summed E-state index contributed by atoms with van der Waals surface area (Å²) in [5.74, 6) is 0.901. The van der Waals surface area contributed by atoms with Crippen molar-refractivity contribution in [2.24, 2.45) is 0 Å². The van der Waals surface area contributed by atoms with Crippen LogP contribution in [0.2, 0.25) is 0 Å². The van der Waals surface area contributed by atoms with Gasteiger partial charge in [0.25, 0.3) is 0 Å². The van der Waals surface area contributed by atoms with Crippen LogP contribution in [0.4, 0.5) is 0 Å². The number of hydrogen-bond acceptors (Lipinski definition) is 4. The molecule has 0 saturated carbocycles. The molecule has 0 radical (unpaired) electrons. The molecule has 2 aromatic rings. The second-order valence-corrected chi connectivity index (χ2v) is 5.23. The molecule has 1 aromatic carbocycles. The highest BCUT2D eigenvalue weighted by Crippen LogP contribution is 2.23. The van der Waals surface area contributed by atoms with Gasteiger partial charge in [-0.05, 0) is 33.2 Å². The van der Waals surface area contributed by atoms with Gasteiger partial charge < -0.3 is 19.7 Å². The topological polar surface area (TPSA) is 48.6 Å². The van der Waals surface area contributed by atoms with Gasteiger partial charge >= 0.3 is 0 Å². The van der Waals surface area contributed by atoms with Crippen LogP contribution in [-0.4, -0.2) is 43.3 Å². The Hall–Kier alpha value is -1.36.